The quantitative estimate of drug-likeness (QED) is 0.844. The lowest BCUT2D eigenvalue weighted by molar-refractivity contribution is -0.123. The summed E-state index contributed by atoms with van der Waals surface area (Å²) < 4.78 is 24.6. The number of rotatable bonds is 6. The Morgan fingerprint density at radius 1 is 1.15 bits per heavy atom. The lowest BCUT2D eigenvalue weighted by atomic mass is 9.79. The Balaban J connectivity index is 1.62. The molecule has 1 aliphatic rings. The number of amides is 1. The predicted octanol–water partition coefficient (Wildman–Crippen LogP) is 3.60. The molecule has 1 heterocycles. The third-order valence-corrected chi connectivity index (χ3v) is 5.41. The second kappa shape index (κ2) is 8.09. The standard InChI is InChI=1S/C22H26FNO3/c1-15-4-5-16(2)21(17(15)3)27-12-20(25)24-13-22(10-11-26-14-22)18-6-8-19(23)9-7-18/h4-9H,10-14H2,1-3H3,(H,24,25)/t22-/m0/s1. The molecule has 1 fully saturated rings. The molecule has 0 spiro atoms. The Hall–Kier alpha value is -2.40. The maximum absolute atomic E-state index is 13.3. The normalized spacial score (nSPS) is 19.1. The molecule has 144 valence electrons. The van der Waals surface area contributed by atoms with Crippen molar-refractivity contribution in [2.75, 3.05) is 26.4 Å². The lowest BCUT2D eigenvalue weighted by Crippen LogP contribution is -2.43. The number of carbonyl (C=O) groups excluding carboxylic acids is 1. The Kier molecular flexibility index (Phi) is 5.80. The maximum atomic E-state index is 13.3. The van der Waals surface area contributed by atoms with Gasteiger partial charge in [-0.3, -0.25) is 4.79 Å². The van der Waals surface area contributed by atoms with Crippen molar-refractivity contribution in [3.8, 4) is 5.75 Å². The highest BCUT2D eigenvalue weighted by molar-refractivity contribution is 5.77. The number of hydrogen-bond donors (Lipinski definition) is 1. The minimum Gasteiger partial charge on any atom is -0.483 e. The zero-order valence-corrected chi connectivity index (χ0v) is 16.1. The van der Waals surface area contributed by atoms with Gasteiger partial charge in [0.15, 0.2) is 6.61 Å². The van der Waals surface area contributed by atoms with Crippen LogP contribution in [0, 0.1) is 26.6 Å². The summed E-state index contributed by atoms with van der Waals surface area (Å²) in [6.45, 7) is 7.53. The molecule has 1 aliphatic heterocycles. The summed E-state index contributed by atoms with van der Waals surface area (Å²) >= 11 is 0. The smallest absolute Gasteiger partial charge is 0.257 e. The van der Waals surface area contributed by atoms with E-state index in [2.05, 4.69) is 5.32 Å². The van der Waals surface area contributed by atoms with Gasteiger partial charge in [-0.25, -0.2) is 4.39 Å². The van der Waals surface area contributed by atoms with E-state index in [1.807, 2.05) is 32.9 Å². The summed E-state index contributed by atoms with van der Waals surface area (Å²) in [6.07, 6.45) is 0.788. The highest BCUT2D eigenvalue weighted by Crippen LogP contribution is 2.33. The van der Waals surface area contributed by atoms with Crippen molar-refractivity contribution >= 4 is 5.91 Å². The molecule has 3 rings (SSSR count). The minimum atomic E-state index is -0.321. The van der Waals surface area contributed by atoms with E-state index in [-0.39, 0.29) is 23.7 Å². The van der Waals surface area contributed by atoms with Crippen LogP contribution in [0.15, 0.2) is 36.4 Å². The molecule has 5 heteroatoms. The van der Waals surface area contributed by atoms with Crippen LogP contribution in [0.2, 0.25) is 0 Å². The number of aryl methyl sites for hydroxylation is 2. The van der Waals surface area contributed by atoms with Crippen molar-refractivity contribution < 1.29 is 18.7 Å². The number of ether oxygens (including phenoxy) is 2. The van der Waals surface area contributed by atoms with Gasteiger partial charge in [-0.05, 0) is 61.6 Å². The molecule has 2 aromatic carbocycles. The van der Waals surface area contributed by atoms with Gasteiger partial charge in [0.05, 0.1) is 6.61 Å². The second-order valence-corrected chi connectivity index (χ2v) is 7.31. The van der Waals surface area contributed by atoms with Crippen LogP contribution in [0.3, 0.4) is 0 Å². The van der Waals surface area contributed by atoms with E-state index in [9.17, 15) is 9.18 Å². The highest BCUT2D eigenvalue weighted by Gasteiger charge is 2.37. The van der Waals surface area contributed by atoms with E-state index >= 15 is 0 Å². The molecule has 27 heavy (non-hydrogen) atoms. The van der Waals surface area contributed by atoms with Gasteiger partial charge in [0.1, 0.15) is 11.6 Å². The fourth-order valence-corrected chi connectivity index (χ4v) is 3.48. The van der Waals surface area contributed by atoms with Crippen LogP contribution in [0.4, 0.5) is 4.39 Å². The average molecular weight is 371 g/mol. The summed E-state index contributed by atoms with van der Waals surface area (Å²) in [4.78, 5) is 12.4. The first-order valence-electron chi connectivity index (χ1n) is 9.21. The fourth-order valence-electron chi connectivity index (χ4n) is 3.48. The average Bonchev–Trinajstić information content (AvgIpc) is 3.14. The zero-order chi connectivity index (χ0) is 19.4. The van der Waals surface area contributed by atoms with Gasteiger partial charge < -0.3 is 14.8 Å². The van der Waals surface area contributed by atoms with Crippen LogP contribution >= 0.6 is 0 Å². The molecule has 1 amide bonds. The van der Waals surface area contributed by atoms with Crippen LogP contribution in [0.5, 0.6) is 5.75 Å². The lowest BCUT2D eigenvalue weighted by Gasteiger charge is -2.28. The van der Waals surface area contributed by atoms with Crippen molar-refractivity contribution in [2.24, 2.45) is 0 Å². The van der Waals surface area contributed by atoms with Gasteiger partial charge in [-0.1, -0.05) is 24.3 Å². The molecule has 4 nitrogen and oxygen atoms in total. The first-order chi connectivity index (χ1) is 12.9. The van der Waals surface area contributed by atoms with E-state index in [0.29, 0.717) is 19.8 Å². The van der Waals surface area contributed by atoms with Crippen LogP contribution in [0.25, 0.3) is 0 Å². The number of carbonyl (C=O) groups is 1. The van der Waals surface area contributed by atoms with Crippen LogP contribution in [-0.4, -0.2) is 32.3 Å². The van der Waals surface area contributed by atoms with Crippen molar-refractivity contribution in [2.45, 2.75) is 32.6 Å². The van der Waals surface area contributed by atoms with Gasteiger partial charge in [-0.15, -0.1) is 0 Å². The monoisotopic (exact) mass is 371 g/mol. The van der Waals surface area contributed by atoms with E-state index in [4.69, 9.17) is 9.47 Å². The minimum absolute atomic E-state index is 0.0362. The largest absolute Gasteiger partial charge is 0.483 e. The molecule has 1 saturated heterocycles. The Morgan fingerprint density at radius 3 is 2.52 bits per heavy atom. The third kappa shape index (κ3) is 4.30. The molecule has 0 radical (unpaired) electrons. The van der Waals surface area contributed by atoms with Gasteiger partial charge in [-0.2, -0.15) is 0 Å². The SMILES string of the molecule is Cc1ccc(C)c(OCC(=O)NC[C@@]2(c3ccc(F)cc3)CCOC2)c1C. The number of hydrogen-bond acceptors (Lipinski definition) is 3. The summed E-state index contributed by atoms with van der Waals surface area (Å²) in [5.74, 6) is 0.320. The Morgan fingerprint density at radius 2 is 1.85 bits per heavy atom. The predicted molar refractivity (Wildman–Crippen MR) is 103 cm³/mol. The van der Waals surface area contributed by atoms with Crippen LogP contribution < -0.4 is 10.1 Å². The number of nitrogens with one attached hydrogen (secondary N) is 1. The molecular formula is C22H26FNO3. The maximum Gasteiger partial charge on any atom is 0.257 e. The van der Waals surface area contributed by atoms with E-state index < -0.39 is 0 Å². The van der Waals surface area contributed by atoms with Crippen molar-refractivity contribution in [1.29, 1.82) is 0 Å². The summed E-state index contributed by atoms with van der Waals surface area (Å²) in [5, 5.41) is 2.96. The Bertz CT molecular complexity index is 811. The molecule has 0 unspecified atom stereocenters. The third-order valence-electron chi connectivity index (χ3n) is 5.41. The zero-order valence-electron chi connectivity index (χ0n) is 16.1. The highest BCUT2D eigenvalue weighted by atomic mass is 19.1. The number of benzene rings is 2. The fraction of sp³-hybridized carbons (Fsp3) is 0.409. The van der Waals surface area contributed by atoms with Crippen LogP contribution in [-0.2, 0) is 14.9 Å². The summed E-state index contributed by atoms with van der Waals surface area (Å²) in [6, 6.07) is 10.5. The number of halogens is 1. The van der Waals surface area contributed by atoms with Crippen molar-refractivity contribution in [3.63, 3.8) is 0 Å². The molecular weight excluding hydrogens is 345 g/mol. The molecule has 0 aliphatic carbocycles. The van der Waals surface area contributed by atoms with Gasteiger partial charge >= 0.3 is 0 Å². The van der Waals surface area contributed by atoms with Gasteiger partial charge in [0, 0.05) is 18.6 Å². The summed E-state index contributed by atoms with van der Waals surface area (Å²) in [7, 11) is 0. The van der Waals surface area contributed by atoms with Crippen molar-refractivity contribution in [3.05, 3.63) is 64.5 Å². The van der Waals surface area contributed by atoms with E-state index in [1.165, 1.54) is 12.1 Å². The topological polar surface area (TPSA) is 47.6 Å². The van der Waals surface area contributed by atoms with Gasteiger partial charge in [0.25, 0.3) is 5.91 Å². The molecule has 0 bridgehead atoms. The molecule has 2 aromatic rings. The molecule has 0 aromatic heterocycles. The molecule has 0 saturated carbocycles. The first-order valence-corrected chi connectivity index (χ1v) is 9.21. The van der Waals surface area contributed by atoms with E-state index in [1.54, 1.807) is 12.1 Å². The van der Waals surface area contributed by atoms with Crippen molar-refractivity contribution in [1.82, 2.24) is 5.32 Å². The summed E-state index contributed by atoms with van der Waals surface area (Å²) in [5.41, 5.74) is 3.86. The van der Waals surface area contributed by atoms with E-state index in [0.717, 1.165) is 34.4 Å². The van der Waals surface area contributed by atoms with Crippen LogP contribution in [0.1, 0.15) is 28.7 Å². The van der Waals surface area contributed by atoms with Gasteiger partial charge in [0.2, 0.25) is 0 Å². The first kappa shape index (κ1) is 19.4. The Labute approximate surface area is 159 Å². The molecule has 1 N–H and O–H groups in total. The molecule has 1 atom stereocenters. The second-order valence-electron chi connectivity index (χ2n) is 7.31.